The van der Waals surface area contributed by atoms with Crippen molar-refractivity contribution in [3.63, 3.8) is 0 Å². The van der Waals surface area contributed by atoms with Crippen molar-refractivity contribution >= 4 is 0 Å². The summed E-state index contributed by atoms with van der Waals surface area (Å²) < 4.78 is 0. The Morgan fingerprint density at radius 3 is 2.48 bits per heavy atom. The van der Waals surface area contributed by atoms with Crippen molar-refractivity contribution in [3.05, 3.63) is 35.5 Å². The first kappa shape index (κ1) is 18.2. The highest BCUT2D eigenvalue weighted by Crippen LogP contribution is 2.31. The van der Waals surface area contributed by atoms with Gasteiger partial charge in [0.05, 0.1) is 0 Å². The fourth-order valence-electron chi connectivity index (χ4n) is 3.28. The van der Waals surface area contributed by atoms with Crippen molar-refractivity contribution in [2.45, 2.75) is 60.9 Å². The molecule has 0 fully saturated rings. The summed E-state index contributed by atoms with van der Waals surface area (Å²) in [5, 5.41) is 3.73. The third-order valence-electron chi connectivity index (χ3n) is 4.32. The highest BCUT2D eigenvalue weighted by molar-refractivity contribution is 5.23. The van der Waals surface area contributed by atoms with Crippen molar-refractivity contribution in [1.29, 1.82) is 0 Å². The lowest BCUT2D eigenvalue weighted by Gasteiger charge is -2.30. The predicted molar refractivity (Wildman–Crippen MR) is 95.4 cm³/mol. The molecule has 1 N–H and O–H groups in total. The molecule has 0 spiro atoms. The largest absolute Gasteiger partial charge is 0.310 e. The monoisotopic (exact) mass is 289 g/mol. The standard InChI is InChI=1S/C20H35N/c1-14(2)10-19(21-13-15(3)4)12-18(7)20-9-8-16(5)11-17(20)6/h8-11,15,17-21H,12-13H2,1-7H3/t17?,18-,19?,20?/m0/s1. The first-order chi connectivity index (χ1) is 9.79. The van der Waals surface area contributed by atoms with Crippen LogP contribution in [0.25, 0.3) is 0 Å². The molecule has 0 aromatic rings. The van der Waals surface area contributed by atoms with E-state index >= 15 is 0 Å². The van der Waals surface area contributed by atoms with Gasteiger partial charge in [-0.05, 0) is 57.4 Å². The minimum absolute atomic E-state index is 0.500. The predicted octanol–water partition coefficient (Wildman–Crippen LogP) is 5.36. The van der Waals surface area contributed by atoms with Crippen LogP contribution in [0.4, 0.5) is 0 Å². The Morgan fingerprint density at radius 2 is 1.95 bits per heavy atom. The summed E-state index contributed by atoms with van der Waals surface area (Å²) in [5.74, 6) is 2.72. The van der Waals surface area contributed by atoms with Crippen LogP contribution >= 0.6 is 0 Å². The summed E-state index contributed by atoms with van der Waals surface area (Å²) in [6, 6.07) is 0.500. The Labute approximate surface area is 132 Å². The number of nitrogens with one attached hydrogen (secondary N) is 1. The van der Waals surface area contributed by atoms with E-state index in [-0.39, 0.29) is 0 Å². The van der Waals surface area contributed by atoms with E-state index in [9.17, 15) is 0 Å². The van der Waals surface area contributed by atoms with Crippen LogP contribution in [-0.4, -0.2) is 12.6 Å². The number of hydrogen-bond donors (Lipinski definition) is 1. The molecule has 1 heteroatoms. The zero-order valence-corrected chi connectivity index (χ0v) is 15.1. The summed E-state index contributed by atoms with van der Waals surface area (Å²) in [4.78, 5) is 0. The molecule has 3 unspecified atom stereocenters. The molecule has 0 bridgehead atoms. The van der Waals surface area contributed by atoms with Crippen molar-refractivity contribution in [2.24, 2.45) is 23.7 Å². The Hall–Kier alpha value is -0.820. The van der Waals surface area contributed by atoms with E-state index in [4.69, 9.17) is 0 Å². The zero-order valence-electron chi connectivity index (χ0n) is 15.1. The Morgan fingerprint density at radius 1 is 1.29 bits per heavy atom. The second-order valence-electron chi connectivity index (χ2n) is 7.57. The molecule has 21 heavy (non-hydrogen) atoms. The van der Waals surface area contributed by atoms with E-state index in [2.05, 4.69) is 78.1 Å². The highest BCUT2D eigenvalue weighted by atomic mass is 14.9. The van der Waals surface area contributed by atoms with Gasteiger partial charge in [0.2, 0.25) is 0 Å². The van der Waals surface area contributed by atoms with E-state index in [1.807, 2.05) is 0 Å². The average molecular weight is 290 g/mol. The quantitative estimate of drug-likeness (QED) is 0.622. The third kappa shape index (κ3) is 6.65. The topological polar surface area (TPSA) is 12.0 Å². The van der Waals surface area contributed by atoms with Crippen LogP contribution in [-0.2, 0) is 0 Å². The van der Waals surface area contributed by atoms with Gasteiger partial charge in [-0.3, -0.25) is 0 Å². The summed E-state index contributed by atoms with van der Waals surface area (Å²) in [6.07, 6.45) is 10.7. The van der Waals surface area contributed by atoms with Gasteiger partial charge in [0, 0.05) is 6.04 Å². The molecule has 1 rings (SSSR count). The second kappa shape index (κ2) is 8.58. The SMILES string of the molecule is CC(C)=CC(C[C@H](C)C1C=CC(C)=CC1C)NCC(C)C. The summed E-state index contributed by atoms with van der Waals surface area (Å²) in [7, 11) is 0. The smallest absolute Gasteiger partial charge is 0.0255 e. The molecule has 1 aliphatic rings. The maximum Gasteiger partial charge on any atom is 0.0255 e. The first-order valence-corrected chi connectivity index (χ1v) is 8.54. The van der Waals surface area contributed by atoms with Crippen LogP contribution in [0, 0.1) is 23.7 Å². The fourth-order valence-corrected chi connectivity index (χ4v) is 3.28. The molecule has 1 nitrogen and oxygen atoms in total. The first-order valence-electron chi connectivity index (χ1n) is 8.54. The molecule has 0 heterocycles. The van der Waals surface area contributed by atoms with Crippen molar-refractivity contribution in [3.8, 4) is 0 Å². The van der Waals surface area contributed by atoms with Crippen LogP contribution < -0.4 is 5.32 Å². The van der Waals surface area contributed by atoms with Gasteiger partial charge < -0.3 is 5.32 Å². The number of rotatable bonds is 7. The Balaban J connectivity index is 2.65. The van der Waals surface area contributed by atoms with Crippen LogP contribution in [0.2, 0.25) is 0 Å². The van der Waals surface area contributed by atoms with Gasteiger partial charge in [0.25, 0.3) is 0 Å². The van der Waals surface area contributed by atoms with E-state index in [0.29, 0.717) is 29.7 Å². The van der Waals surface area contributed by atoms with Crippen molar-refractivity contribution in [2.75, 3.05) is 6.54 Å². The van der Waals surface area contributed by atoms with Crippen molar-refractivity contribution < 1.29 is 0 Å². The van der Waals surface area contributed by atoms with E-state index in [1.165, 1.54) is 17.6 Å². The average Bonchev–Trinajstić information content (AvgIpc) is 2.34. The van der Waals surface area contributed by atoms with Crippen LogP contribution in [0.1, 0.15) is 54.9 Å². The molecule has 0 aliphatic heterocycles. The summed E-state index contributed by atoms with van der Waals surface area (Å²) in [5.41, 5.74) is 2.82. The summed E-state index contributed by atoms with van der Waals surface area (Å²) >= 11 is 0. The van der Waals surface area contributed by atoms with Gasteiger partial charge in [0.1, 0.15) is 0 Å². The van der Waals surface area contributed by atoms with E-state index in [1.54, 1.807) is 0 Å². The Kier molecular flexibility index (Phi) is 7.45. The minimum Gasteiger partial charge on any atom is -0.310 e. The molecule has 0 saturated heterocycles. The molecule has 1 aliphatic carbocycles. The molecule has 0 saturated carbocycles. The van der Waals surface area contributed by atoms with Gasteiger partial charge >= 0.3 is 0 Å². The normalized spacial score (nSPS) is 24.7. The molecule has 0 aromatic heterocycles. The third-order valence-corrected chi connectivity index (χ3v) is 4.32. The van der Waals surface area contributed by atoms with Crippen LogP contribution in [0.5, 0.6) is 0 Å². The zero-order chi connectivity index (χ0) is 16.0. The number of hydrogen-bond acceptors (Lipinski definition) is 1. The van der Waals surface area contributed by atoms with Gasteiger partial charge in [-0.2, -0.15) is 0 Å². The fraction of sp³-hybridized carbons (Fsp3) is 0.700. The Bertz CT molecular complexity index is 396. The van der Waals surface area contributed by atoms with Gasteiger partial charge in [-0.15, -0.1) is 0 Å². The minimum atomic E-state index is 0.500. The molecule has 0 aromatic carbocycles. The van der Waals surface area contributed by atoms with Gasteiger partial charge in [-0.1, -0.05) is 63.1 Å². The molecular formula is C20H35N. The lowest BCUT2D eigenvalue weighted by Crippen LogP contribution is -2.34. The maximum atomic E-state index is 3.73. The van der Waals surface area contributed by atoms with Crippen LogP contribution in [0.15, 0.2) is 35.5 Å². The maximum absolute atomic E-state index is 3.73. The second-order valence-corrected chi connectivity index (χ2v) is 7.57. The van der Waals surface area contributed by atoms with Crippen molar-refractivity contribution in [1.82, 2.24) is 5.32 Å². The highest BCUT2D eigenvalue weighted by Gasteiger charge is 2.24. The van der Waals surface area contributed by atoms with Crippen LogP contribution in [0.3, 0.4) is 0 Å². The lowest BCUT2D eigenvalue weighted by atomic mass is 9.77. The molecule has 120 valence electrons. The lowest BCUT2D eigenvalue weighted by molar-refractivity contribution is 0.309. The van der Waals surface area contributed by atoms with E-state index in [0.717, 1.165) is 6.54 Å². The van der Waals surface area contributed by atoms with E-state index < -0.39 is 0 Å². The molecule has 0 amide bonds. The summed E-state index contributed by atoms with van der Waals surface area (Å²) in [6.45, 7) is 17.0. The molecule has 0 radical (unpaired) electrons. The molecule has 4 atom stereocenters. The van der Waals surface area contributed by atoms with Gasteiger partial charge in [0.15, 0.2) is 0 Å². The number of allylic oxidation sites excluding steroid dienone is 5. The van der Waals surface area contributed by atoms with Gasteiger partial charge in [-0.25, -0.2) is 0 Å². The molecular weight excluding hydrogens is 254 g/mol.